The van der Waals surface area contributed by atoms with Crippen LogP contribution >= 0.6 is 11.6 Å². The van der Waals surface area contributed by atoms with Crippen LogP contribution in [0.2, 0.25) is 5.02 Å². The lowest BCUT2D eigenvalue weighted by molar-refractivity contribution is 0.119. The predicted octanol–water partition coefficient (Wildman–Crippen LogP) is 1.52. The number of ether oxygens (including phenoxy) is 1. The Morgan fingerprint density at radius 1 is 1.56 bits per heavy atom. The number of nitrogens with two attached hydrogens (primary N) is 1. The zero-order valence-corrected chi connectivity index (χ0v) is 12.2. The van der Waals surface area contributed by atoms with E-state index in [1.807, 2.05) is 18.8 Å². The summed E-state index contributed by atoms with van der Waals surface area (Å²) in [6, 6.07) is -0.228. The van der Waals surface area contributed by atoms with Gasteiger partial charge in [-0.3, -0.25) is 4.68 Å². The van der Waals surface area contributed by atoms with Gasteiger partial charge in [-0.25, -0.2) is 0 Å². The third-order valence-corrected chi connectivity index (χ3v) is 2.88. The molecule has 0 saturated heterocycles. The molecule has 1 unspecified atom stereocenters. The van der Waals surface area contributed by atoms with E-state index in [1.165, 1.54) is 0 Å². The molecule has 0 spiro atoms. The first-order chi connectivity index (χ1) is 8.56. The van der Waals surface area contributed by atoms with E-state index in [-0.39, 0.29) is 6.04 Å². The first kappa shape index (κ1) is 15.4. The van der Waals surface area contributed by atoms with Crippen molar-refractivity contribution in [1.29, 1.82) is 0 Å². The minimum absolute atomic E-state index is 0.228. The van der Waals surface area contributed by atoms with Crippen LogP contribution in [0.3, 0.4) is 0 Å². The van der Waals surface area contributed by atoms with E-state index in [1.54, 1.807) is 6.20 Å². The van der Waals surface area contributed by atoms with Crippen LogP contribution < -0.4 is 5.73 Å². The molecule has 5 nitrogen and oxygen atoms in total. The SMILES string of the molecule is CCCOCC(N)c1c(Cl)cnn1CCN(C)C. The number of nitrogens with zero attached hydrogens (tertiary/aromatic N) is 3. The fourth-order valence-electron chi connectivity index (χ4n) is 1.65. The topological polar surface area (TPSA) is 56.3 Å². The fraction of sp³-hybridized carbons (Fsp3) is 0.750. The van der Waals surface area contributed by atoms with Crippen LogP contribution in [-0.4, -0.2) is 48.5 Å². The molecular weight excluding hydrogens is 252 g/mol. The summed E-state index contributed by atoms with van der Waals surface area (Å²) in [5.41, 5.74) is 6.96. The Morgan fingerprint density at radius 2 is 2.28 bits per heavy atom. The Kier molecular flexibility index (Phi) is 6.63. The molecular formula is C12H23ClN4O. The Labute approximate surface area is 114 Å². The van der Waals surface area contributed by atoms with E-state index in [9.17, 15) is 0 Å². The van der Waals surface area contributed by atoms with Gasteiger partial charge in [0.15, 0.2) is 0 Å². The van der Waals surface area contributed by atoms with E-state index in [4.69, 9.17) is 22.1 Å². The predicted molar refractivity (Wildman–Crippen MR) is 73.8 cm³/mol. The average molecular weight is 275 g/mol. The highest BCUT2D eigenvalue weighted by Gasteiger charge is 2.17. The van der Waals surface area contributed by atoms with E-state index >= 15 is 0 Å². The van der Waals surface area contributed by atoms with Crippen LogP contribution in [0.5, 0.6) is 0 Å². The van der Waals surface area contributed by atoms with Gasteiger partial charge in [-0.2, -0.15) is 5.10 Å². The highest BCUT2D eigenvalue weighted by molar-refractivity contribution is 6.31. The number of likely N-dealkylation sites (N-methyl/N-ethyl adjacent to an activating group) is 1. The molecule has 1 aromatic heterocycles. The molecule has 0 aromatic carbocycles. The van der Waals surface area contributed by atoms with Gasteiger partial charge in [-0.1, -0.05) is 18.5 Å². The summed E-state index contributed by atoms with van der Waals surface area (Å²) in [7, 11) is 4.05. The van der Waals surface area contributed by atoms with Gasteiger partial charge in [0.1, 0.15) is 0 Å². The van der Waals surface area contributed by atoms with Crippen molar-refractivity contribution >= 4 is 11.6 Å². The van der Waals surface area contributed by atoms with E-state index < -0.39 is 0 Å². The second kappa shape index (κ2) is 7.74. The molecule has 0 fully saturated rings. The van der Waals surface area contributed by atoms with Gasteiger partial charge >= 0.3 is 0 Å². The molecule has 1 rings (SSSR count). The number of rotatable bonds is 8. The van der Waals surface area contributed by atoms with Gasteiger partial charge < -0.3 is 15.4 Å². The van der Waals surface area contributed by atoms with Crippen molar-refractivity contribution in [2.75, 3.05) is 33.9 Å². The van der Waals surface area contributed by atoms with Crippen LogP contribution in [0.4, 0.5) is 0 Å². The molecule has 104 valence electrons. The normalized spacial score (nSPS) is 13.2. The summed E-state index contributed by atoms with van der Waals surface area (Å²) in [5.74, 6) is 0. The van der Waals surface area contributed by atoms with Crippen molar-refractivity contribution in [3.8, 4) is 0 Å². The van der Waals surface area contributed by atoms with E-state index in [0.29, 0.717) is 11.6 Å². The zero-order chi connectivity index (χ0) is 13.5. The van der Waals surface area contributed by atoms with Crippen molar-refractivity contribution in [3.05, 3.63) is 16.9 Å². The lowest BCUT2D eigenvalue weighted by Gasteiger charge is -2.16. The Balaban J connectivity index is 2.64. The minimum Gasteiger partial charge on any atom is -0.379 e. The van der Waals surface area contributed by atoms with Crippen LogP contribution in [0.15, 0.2) is 6.20 Å². The van der Waals surface area contributed by atoms with Crippen molar-refractivity contribution in [2.24, 2.45) is 5.73 Å². The summed E-state index contributed by atoms with van der Waals surface area (Å²) in [6.45, 7) is 4.93. The Morgan fingerprint density at radius 3 is 2.89 bits per heavy atom. The second-order valence-corrected chi connectivity index (χ2v) is 4.99. The standard InChI is InChI=1S/C12H23ClN4O/c1-4-7-18-9-11(14)12-10(13)8-15-17(12)6-5-16(2)3/h8,11H,4-7,9,14H2,1-3H3. The number of hydrogen-bond acceptors (Lipinski definition) is 4. The molecule has 0 aliphatic heterocycles. The first-order valence-corrected chi connectivity index (χ1v) is 6.63. The summed E-state index contributed by atoms with van der Waals surface area (Å²) in [6.07, 6.45) is 2.63. The van der Waals surface area contributed by atoms with Gasteiger partial charge in [-0.15, -0.1) is 0 Å². The molecule has 1 heterocycles. The third-order valence-electron chi connectivity index (χ3n) is 2.59. The highest BCUT2D eigenvalue weighted by atomic mass is 35.5. The van der Waals surface area contributed by atoms with Gasteiger partial charge in [0, 0.05) is 13.2 Å². The second-order valence-electron chi connectivity index (χ2n) is 4.59. The zero-order valence-electron chi connectivity index (χ0n) is 11.4. The lowest BCUT2D eigenvalue weighted by atomic mass is 10.2. The average Bonchev–Trinajstić information content (AvgIpc) is 2.68. The lowest BCUT2D eigenvalue weighted by Crippen LogP contribution is -2.25. The van der Waals surface area contributed by atoms with Crippen LogP contribution in [0, 0.1) is 0 Å². The molecule has 18 heavy (non-hydrogen) atoms. The summed E-state index contributed by atoms with van der Waals surface area (Å²) in [4.78, 5) is 2.10. The smallest absolute Gasteiger partial charge is 0.0834 e. The molecule has 6 heteroatoms. The van der Waals surface area contributed by atoms with Crippen molar-refractivity contribution in [3.63, 3.8) is 0 Å². The minimum atomic E-state index is -0.228. The Bertz CT molecular complexity index is 354. The molecule has 0 saturated carbocycles. The molecule has 0 amide bonds. The molecule has 0 aliphatic carbocycles. The van der Waals surface area contributed by atoms with Gasteiger partial charge in [0.05, 0.1) is 36.1 Å². The first-order valence-electron chi connectivity index (χ1n) is 6.25. The summed E-state index contributed by atoms with van der Waals surface area (Å²) >= 11 is 6.14. The molecule has 1 aromatic rings. The maximum Gasteiger partial charge on any atom is 0.0834 e. The molecule has 2 N–H and O–H groups in total. The van der Waals surface area contributed by atoms with Gasteiger partial charge in [0.25, 0.3) is 0 Å². The third kappa shape index (κ3) is 4.57. The van der Waals surface area contributed by atoms with Gasteiger partial charge in [0.2, 0.25) is 0 Å². The van der Waals surface area contributed by atoms with Crippen molar-refractivity contribution < 1.29 is 4.74 Å². The number of hydrogen-bond donors (Lipinski definition) is 1. The molecule has 1 atom stereocenters. The quantitative estimate of drug-likeness (QED) is 0.731. The van der Waals surface area contributed by atoms with Crippen molar-refractivity contribution in [2.45, 2.75) is 25.9 Å². The molecule has 0 aliphatic rings. The van der Waals surface area contributed by atoms with Gasteiger partial charge in [-0.05, 0) is 20.5 Å². The largest absolute Gasteiger partial charge is 0.379 e. The monoisotopic (exact) mass is 274 g/mol. The van der Waals surface area contributed by atoms with Crippen LogP contribution in [0.25, 0.3) is 0 Å². The molecule has 0 bridgehead atoms. The fourth-order valence-corrected chi connectivity index (χ4v) is 1.93. The van der Waals surface area contributed by atoms with Crippen LogP contribution in [0.1, 0.15) is 25.1 Å². The maximum atomic E-state index is 6.14. The van der Waals surface area contributed by atoms with E-state index in [2.05, 4.69) is 16.9 Å². The van der Waals surface area contributed by atoms with E-state index in [0.717, 1.165) is 31.8 Å². The summed E-state index contributed by atoms with van der Waals surface area (Å²) in [5, 5.41) is 4.87. The highest BCUT2D eigenvalue weighted by Crippen LogP contribution is 2.21. The number of halogens is 1. The Hall–Kier alpha value is -0.620. The van der Waals surface area contributed by atoms with Crippen molar-refractivity contribution in [1.82, 2.24) is 14.7 Å². The van der Waals surface area contributed by atoms with Crippen LogP contribution in [-0.2, 0) is 11.3 Å². The summed E-state index contributed by atoms with van der Waals surface area (Å²) < 4.78 is 7.33. The number of aromatic nitrogens is 2. The maximum absolute atomic E-state index is 6.14. The molecule has 0 radical (unpaired) electrons.